The average Bonchev–Trinajstić information content (AvgIpc) is 2.88. The molecule has 0 aromatic heterocycles. The average molecular weight is 216 g/mol. The fourth-order valence-corrected chi connectivity index (χ4v) is 3.33. The number of nitrogens with zero attached hydrogens (tertiary/aromatic N) is 1. The second kappa shape index (κ2) is 3.98. The van der Waals surface area contributed by atoms with E-state index in [9.17, 15) is 9.00 Å². The van der Waals surface area contributed by atoms with Crippen LogP contribution in [0.2, 0.25) is 0 Å². The van der Waals surface area contributed by atoms with Crippen molar-refractivity contribution in [3.05, 3.63) is 0 Å². The molecule has 1 saturated carbocycles. The molecule has 1 saturated heterocycles. The van der Waals surface area contributed by atoms with Crippen molar-refractivity contribution in [2.45, 2.75) is 19.3 Å². The predicted octanol–water partition coefficient (Wildman–Crippen LogP) is 0.384. The van der Waals surface area contributed by atoms with E-state index in [1.165, 1.54) is 0 Å². The molecule has 1 amide bonds. The van der Waals surface area contributed by atoms with Crippen molar-refractivity contribution in [1.82, 2.24) is 5.32 Å². The summed E-state index contributed by atoms with van der Waals surface area (Å²) in [5, 5.41) is 3.12. The van der Waals surface area contributed by atoms with Crippen LogP contribution in [0.3, 0.4) is 0 Å². The minimum Gasteiger partial charge on any atom is -0.315 e. The predicted molar refractivity (Wildman–Crippen MR) is 55.5 cm³/mol. The van der Waals surface area contributed by atoms with Gasteiger partial charge in [-0.1, -0.05) is 0 Å². The Morgan fingerprint density at radius 2 is 2.00 bits per heavy atom. The highest BCUT2D eigenvalue weighted by Gasteiger charge is 2.25. The third kappa shape index (κ3) is 2.78. The van der Waals surface area contributed by atoms with Crippen LogP contribution in [0.1, 0.15) is 19.3 Å². The highest BCUT2D eigenvalue weighted by Crippen LogP contribution is 2.32. The van der Waals surface area contributed by atoms with Crippen LogP contribution in [0, 0.1) is 5.92 Å². The first-order chi connectivity index (χ1) is 6.68. The molecule has 2 aliphatic rings. The van der Waals surface area contributed by atoms with Gasteiger partial charge in [0.15, 0.2) is 0 Å². The zero-order chi connectivity index (χ0) is 10.0. The van der Waals surface area contributed by atoms with E-state index < -0.39 is 9.73 Å². The van der Waals surface area contributed by atoms with Gasteiger partial charge < -0.3 is 5.32 Å². The molecule has 0 radical (unpaired) electrons. The maximum atomic E-state index is 12.0. The van der Waals surface area contributed by atoms with Gasteiger partial charge in [-0.15, -0.1) is 0 Å². The van der Waals surface area contributed by atoms with Gasteiger partial charge in [0.05, 0.1) is 9.73 Å². The summed E-state index contributed by atoms with van der Waals surface area (Å²) < 4.78 is 15.9. The summed E-state index contributed by atoms with van der Waals surface area (Å²) in [7, 11) is -2.19. The molecule has 0 unspecified atom stereocenters. The van der Waals surface area contributed by atoms with Gasteiger partial charge in [0.1, 0.15) is 0 Å². The first kappa shape index (κ1) is 10.1. The molecule has 5 heteroatoms. The van der Waals surface area contributed by atoms with E-state index in [4.69, 9.17) is 0 Å². The lowest BCUT2D eigenvalue weighted by molar-refractivity contribution is -0.117. The normalized spacial score (nSPS) is 25.7. The van der Waals surface area contributed by atoms with Gasteiger partial charge in [-0.3, -0.25) is 4.79 Å². The van der Waals surface area contributed by atoms with Crippen LogP contribution in [-0.2, 0) is 14.5 Å². The van der Waals surface area contributed by atoms with Gasteiger partial charge in [-0.05, 0) is 18.8 Å². The van der Waals surface area contributed by atoms with Crippen LogP contribution in [-0.4, -0.2) is 34.7 Å². The molecule has 80 valence electrons. The molecule has 2 rings (SSSR count). The van der Waals surface area contributed by atoms with Gasteiger partial charge in [0, 0.05) is 31.0 Å². The summed E-state index contributed by atoms with van der Waals surface area (Å²) in [6.45, 7) is 1.44. The molecule has 0 spiro atoms. The van der Waals surface area contributed by atoms with Gasteiger partial charge >= 0.3 is 0 Å². The topological polar surface area (TPSA) is 58.5 Å². The minimum absolute atomic E-state index is 0.139. The van der Waals surface area contributed by atoms with Crippen molar-refractivity contribution in [2.24, 2.45) is 10.3 Å². The standard InChI is InChI=1S/C9H16N2O2S/c12-9(7-8-1-2-8)11-14(13)5-3-10-4-6-14/h8,10H,1-7H2. The van der Waals surface area contributed by atoms with Crippen LogP contribution in [0.4, 0.5) is 0 Å². The lowest BCUT2D eigenvalue weighted by Crippen LogP contribution is -2.36. The number of amides is 1. The van der Waals surface area contributed by atoms with E-state index in [-0.39, 0.29) is 5.91 Å². The molecule has 2 fully saturated rings. The quantitative estimate of drug-likeness (QED) is 0.726. The van der Waals surface area contributed by atoms with Crippen molar-refractivity contribution >= 4 is 15.6 Å². The third-order valence-electron chi connectivity index (χ3n) is 2.62. The third-order valence-corrected chi connectivity index (χ3v) is 4.84. The van der Waals surface area contributed by atoms with E-state index in [0.717, 1.165) is 25.9 Å². The lowest BCUT2D eigenvalue weighted by atomic mass is 10.3. The smallest absolute Gasteiger partial charge is 0.254 e. The van der Waals surface area contributed by atoms with E-state index in [0.29, 0.717) is 23.8 Å². The summed E-state index contributed by atoms with van der Waals surface area (Å²) in [5.74, 6) is 1.46. The number of nitrogens with one attached hydrogen (secondary N) is 1. The minimum atomic E-state index is -2.19. The second-order valence-electron chi connectivity index (χ2n) is 4.06. The molecule has 0 aromatic rings. The summed E-state index contributed by atoms with van der Waals surface area (Å²) in [4.78, 5) is 11.4. The molecule has 0 aromatic carbocycles. The zero-order valence-electron chi connectivity index (χ0n) is 8.20. The molecule has 14 heavy (non-hydrogen) atoms. The van der Waals surface area contributed by atoms with Crippen LogP contribution in [0.15, 0.2) is 4.36 Å². The summed E-state index contributed by atoms with van der Waals surface area (Å²) in [5.41, 5.74) is 0. The van der Waals surface area contributed by atoms with Crippen LogP contribution in [0.25, 0.3) is 0 Å². The zero-order valence-corrected chi connectivity index (χ0v) is 9.02. The molecule has 4 nitrogen and oxygen atoms in total. The SMILES string of the molecule is O=C(CC1CC1)N=S1(=O)CCNCC1. The van der Waals surface area contributed by atoms with Crippen molar-refractivity contribution in [1.29, 1.82) is 0 Å². The van der Waals surface area contributed by atoms with E-state index in [1.807, 2.05) is 0 Å². The van der Waals surface area contributed by atoms with Crippen molar-refractivity contribution in [2.75, 3.05) is 24.6 Å². The Morgan fingerprint density at radius 1 is 1.36 bits per heavy atom. The monoisotopic (exact) mass is 216 g/mol. The Morgan fingerprint density at radius 3 is 2.57 bits per heavy atom. The molecule has 1 N–H and O–H groups in total. The molecule has 0 atom stereocenters. The number of rotatable bonds is 2. The molecule has 1 aliphatic heterocycles. The first-order valence-electron chi connectivity index (χ1n) is 5.14. The molecular weight excluding hydrogens is 200 g/mol. The number of carbonyl (C=O) groups is 1. The van der Waals surface area contributed by atoms with E-state index in [1.54, 1.807) is 0 Å². The summed E-state index contributed by atoms with van der Waals surface area (Å²) in [6, 6.07) is 0. The van der Waals surface area contributed by atoms with Crippen LogP contribution < -0.4 is 5.32 Å². The Bertz CT molecular complexity index is 329. The van der Waals surface area contributed by atoms with Crippen LogP contribution >= 0.6 is 0 Å². The Labute approximate surface area is 84.6 Å². The highest BCUT2D eigenvalue weighted by molar-refractivity contribution is 7.94. The number of hydrogen-bond acceptors (Lipinski definition) is 3. The maximum Gasteiger partial charge on any atom is 0.254 e. The van der Waals surface area contributed by atoms with Gasteiger partial charge in [-0.25, -0.2) is 4.21 Å². The molecule has 1 heterocycles. The van der Waals surface area contributed by atoms with Gasteiger partial charge in [0.25, 0.3) is 5.91 Å². The van der Waals surface area contributed by atoms with Crippen LogP contribution in [0.5, 0.6) is 0 Å². The second-order valence-corrected chi connectivity index (χ2v) is 6.61. The Kier molecular flexibility index (Phi) is 2.88. The number of hydrogen-bond donors (Lipinski definition) is 1. The Balaban J connectivity index is 1.98. The first-order valence-corrected chi connectivity index (χ1v) is 6.99. The van der Waals surface area contributed by atoms with Crippen molar-refractivity contribution in [3.8, 4) is 0 Å². The maximum absolute atomic E-state index is 12.0. The summed E-state index contributed by atoms with van der Waals surface area (Å²) >= 11 is 0. The molecular formula is C9H16N2O2S. The van der Waals surface area contributed by atoms with E-state index in [2.05, 4.69) is 9.68 Å². The fourth-order valence-electron chi connectivity index (χ4n) is 1.57. The van der Waals surface area contributed by atoms with E-state index >= 15 is 0 Å². The molecule has 0 bridgehead atoms. The van der Waals surface area contributed by atoms with Crippen molar-refractivity contribution < 1.29 is 9.00 Å². The fraction of sp³-hybridized carbons (Fsp3) is 0.889. The highest BCUT2D eigenvalue weighted by atomic mass is 32.2. The van der Waals surface area contributed by atoms with Gasteiger partial charge in [0.2, 0.25) is 0 Å². The summed E-state index contributed by atoms with van der Waals surface area (Å²) in [6.07, 6.45) is 2.80. The van der Waals surface area contributed by atoms with Gasteiger partial charge in [-0.2, -0.15) is 4.36 Å². The Hall–Kier alpha value is -0.420. The van der Waals surface area contributed by atoms with Crippen molar-refractivity contribution in [3.63, 3.8) is 0 Å². The number of carbonyl (C=O) groups excluding carboxylic acids is 1. The lowest BCUT2D eigenvalue weighted by Gasteiger charge is -2.15. The largest absolute Gasteiger partial charge is 0.315 e. The molecule has 1 aliphatic carbocycles.